The van der Waals surface area contributed by atoms with Crippen LogP contribution in [0.3, 0.4) is 0 Å². The molecule has 0 aliphatic heterocycles. The summed E-state index contributed by atoms with van der Waals surface area (Å²) in [6.07, 6.45) is 1.46. The highest BCUT2D eigenvalue weighted by atomic mass is 16.4. The molecule has 0 radical (unpaired) electrons. The molecule has 0 bridgehead atoms. The van der Waals surface area contributed by atoms with Gasteiger partial charge in [-0.2, -0.15) is 0 Å². The third-order valence-corrected chi connectivity index (χ3v) is 2.42. The van der Waals surface area contributed by atoms with Crippen molar-refractivity contribution in [3.05, 3.63) is 54.8 Å². The van der Waals surface area contributed by atoms with Crippen molar-refractivity contribution in [1.29, 1.82) is 0 Å². The zero-order valence-electron chi connectivity index (χ0n) is 9.28. The second-order valence-electron chi connectivity index (χ2n) is 3.28. The van der Waals surface area contributed by atoms with Gasteiger partial charge in [0, 0.05) is 10.0 Å². The van der Waals surface area contributed by atoms with Crippen molar-refractivity contribution < 1.29 is 0 Å². The van der Waals surface area contributed by atoms with E-state index in [9.17, 15) is 10.4 Å². The fraction of sp³-hybridized carbons (Fsp3) is 0.333. The zero-order chi connectivity index (χ0) is 12.0. The van der Waals surface area contributed by atoms with Crippen LogP contribution in [0.25, 0.3) is 10.0 Å². The molecule has 0 atom stereocenters. The summed E-state index contributed by atoms with van der Waals surface area (Å²) < 4.78 is 0. The Labute approximate surface area is 94.3 Å². The Morgan fingerprint density at radius 3 is 1.56 bits per heavy atom. The van der Waals surface area contributed by atoms with Gasteiger partial charge in [-0.3, -0.25) is 0 Å². The Bertz CT molecular complexity index is 454. The van der Waals surface area contributed by atoms with Crippen LogP contribution in [0.1, 0.15) is 36.1 Å². The number of hydrogen-bond acceptors (Lipinski definition) is 2. The van der Waals surface area contributed by atoms with Crippen LogP contribution in [0, 0.1) is 22.6 Å². The first-order valence-electron chi connectivity index (χ1n) is 5.09. The maximum Gasteiger partial charge on any atom is 0.336 e. The monoisotopic (exact) mass is 216 g/mol. The molecule has 0 saturated heterocycles. The highest BCUT2D eigenvalue weighted by Crippen LogP contribution is 2.17. The van der Waals surface area contributed by atoms with Crippen LogP contribution in [0.4, 0.5) is 0 Å². The van der Waals surface area contributed by atoms with E-state index in [1.165, 1.54) is 0 Å². The Hall–Kier alpha value is -2.20. The van der Waals surface area contributed by atoms with Crippen molar-refractivity contribution in [2.24, 2.45) is 0 Å². The molecule has 0 spiro atoms. The first kappa shape index (κ1) is 11.9. The highest BCUT2D eigenvalue weighted by Gasteiger charge is 2.11. The Morgan fingerprint density at radius 2 is 1.31 bits per heavy atom. The van der Waals surface area contributed by atoms with Gasteiger partial charge in [0.05, 0.1) is 0 Å². The lowest BCUT2D eigenvalue weighted by Gasteiger charge is -2.03. The predicted octanol–water partition coefficient (Wildman–Crippen LogP) is 3.17. The van der Waals surface area contributed by atoms with Gasteiger partial charge in [0.15, 0.2) is 0 Å². The summed E-state index contributed by atoms with van der Waals surface area (Å²) in [7, 11) is 0. The Morgan fingerprint density at radius 1 is 0.938 bits per heavy atom. The third-order valence-electron chi connectivity index (χ3n) is 2.42. The number of aryl methyl sites for hydroxylation is 2. The summed E-state index contributed by atoms with van der Waals surface area (Å²) in [4.78, 5) is 0. The quantitative estimate of drug-likeness (QED) is 0.713. The standard InChI is InChI=1S/C12H12N2O2/c1-3-9-5-12(8-14-16)10(4-2)6-11(9)7-13-15/h5-6H,3-4H2,1-2H3. The summed E-state index contributed by atoms with van der Waals surface area (Å²) >= 11 is 0. The minimum atomic E-state index is 0.672. The third kappa shape index (κ3) is 2.43. The molecule has 0 aromatic heterocycles. The molecule has 1 aromatic carbocycles. The summed E-state index contributed by atoms with van der Waals surface area (Å²) in [5, 5.41) is 25.7. The molecular weight excluding hydrogens is 204 g/mol. The minimum absolute atomic E-state index is 0.672. The van der Waals surface area contributed by atoms with Gasteiger partial charge in [0.2, 0.25) is 0 Å². The summed E-state index contributed by atoms with van der Waals surface area (Å²) in [6.45, 7) is 3.91. The molecule has 0 saturated carbocycles. The summed E-state index contributed by atoms with van der Waals surface area (Å²) in [6, 6.07) is 8.41. The van der Waals surface area contributed by atoms with Crippen molar-refractivity contribution in [2.75, 3.05) is 0 Å². The van der Waals surface area contributed by atoms with Crippen LogP contribution in [-0.4, -0.2) is 0 Å². The van der Waals surface area contributed by atoms with E-state index in [0.29, 0.717) is 11.1 Å². The molecule has 0 fully saturated rings. The maximum atomic E-state index is 10.2. The van der Waals surface area contributed by atoms with Crippen molar-refractivity contribution >= 4 is 0 Å². The van der Waals surface area contributed by atoms with Gasteiger partial charge >= 0.3 is 12.1 Å². The first-order valence-corrected chi connectivity index (χ1v) is 5.09. The molecular formula is C12H12N2O2. The Kier molecular flexibility index (Phi) is 4.17. The molecule has 0 heterocycles. The largest absolute Gasteiger partial charge is 0.498 e. The van der Waals surface area contributed by atoms with Crippen LogP contribution in [0.2, 0.25) is 0 Å². The van der Waals surface area contributed by atoms with Crippen molar-refractivity contribution in [1.82, 2.24) is 0 Å². The lowest BCUT2D eigenvalue weighted by Crippen LogP contribution is -1.95. The van der Waals surface area contributed by atoms with Gasteiger partial charge in [-0.25, -0.2) is 0 Å². The Balaban J connectivity index is 3.41. The number of benzene rings is 1. The molecule has 0 unspecified atom stereocenters. The SMILES string of the molecule is CCc1cc(C#[N+][O-])c(CC)cc1C#[N+][O-]. The highest BCUT2D eigenvalue weighted by molar-refractivity contribution is 5.51. The fourth-order valence-electron chi connectivity index (χ4n) is 1.58. The predicted molar refractivity (Wildman–Crippen MR) is 64.6 cm³/mol. The van der Waals surface area contributed by atoms with Crippen molar-refractivity contribution in [3.8, 4) is 12.1 Å². The van der Waals surface area contributed by atoms with Gasteiger partial charge in [-0.05, 0) is 36.1 Å². The second kappa shape index (κ2) is 5.63. The van der Waals surface area contributed by atoms with E-state index in [2.05, 4.69) is 22.2 Å². The van der Waals surface area contributed by atoms with E-state index >= 15 is 0 Å². The van der Waals surface area contributed by atoms with Crippen LogP contribution in [0.5, 0.6) is 0 Å². The molecule has 0 aliphatic carbocycles. The number of hydrogen-bond donors (Lipinski definition) is 0. The topological polar surface area (TPSA) is 54.8 Å². The van der Waals surface area contributed by atoms with E-state index in [1.807, 2.05) is 13.8 Å². The normalized spacial score (nSPS) is 8.62. The lowest BCUT2D eigenvalue weighted by atomic mass is 9.97. The smallest absolute Gasteiger partial charge is 0.336 e. The zero-order valence-corrected chi connectivity index (χ0v) is 9.28. The molecule has 1 rings (SSSR count). The van der Waals surface area contributed by atoms with E-state index in [0.717, 1.165) is 24.0 Å². The first-order chi connectivity index (χ1) is 7.76. The summed E-state index contributed by atoms with van der Waals surface area (Å²) in [5.74, 6) is 0. The van der Waals surface area contributed by atoms with Crippen molar-refractivity contribution in [3.63, 3.8) is 0 Å². The molecule has 16 heavy (non-hydrogen) atoms. The molecule has 4 heteroatoms. The second-order valence-corrected chi connectivity index (χ2v) is 3.28. The van der Waals surface area contributed by atoms with Gasteiger partial charge in [0.25, 0.3) is 0 Å². The van der Waals surface area contributed by atoms with Crippen LogP contribution >= 0.6 is 0 Å². The van der Waals surface area contributed by atoms with Crippen molar-refractivity contribution in [2.45, 2.75) is 26.7 Å². The fourth-order valence-corrected chi connectivity index (χ4v) is 1.58. The van der Waals surface area contributed by atoms with E-state index in [1.54, 1.807) is 12.1 Å². The summed E-state index contributed by atoms with van der Waals surface area (Å²) in [5.41, 5.74) is 3.16. The van der Waals surface area contributed by atoms with Crippen LogP contribution < -0.4 is 0 Å². The van der Waals surface area contributed by atoms with Gasteiger partial charge in [-0.1, -0.05) is 13.8 Å². The van der Waals surface area contributed by atoms with Crippen LogP contribution in [0.15, 0.2) is 12.1 Å². The maximum absolute atomic E-state index is 10.2. The average Bonchev–Trinajstić information content (AvgIpc) is 2.31. The number of rotatable bonds is 2. The van der Waals surface area contributed by atoms with Gasteiger partial charge in [-0.15, -0.1) is 0 Å². The molecule has 4 nitrogen and oxygen atoms in total. The van der Waals surface area contributed by atoms with Gasteiger partial charge < -0.3 is 10.4 Å². The average molecular weight is 216 g/mol. The van der Waals surface area contributed by atoms with Gasteiger partial charge in [0.1, 0.15) is 11.1 Å². The van der Waals surface area contributed by atoms with Crippen LogP contribution in [-0.2, 0) is 12.8 Å². The molecule has 82 valence electrons. The molecule has 1 aromatic rings. The molecule has 0 aliphatic rings. The van der Waals surface area contributed by atoms with E-state index < -0.39 is 0 Å². The van der Waals surface area contributed by atoms with E-state index in [-0.39, 0.29) is 0 Å². The van der Waals surface area contributed by atoms with E-state index in [4.69, 9.17) is 0 Å². The minimum Gasteiger partial charge on any atom is -0.498 e. The molecule has 0 N–H and O–H groups in total. The molecule has 0 amide bonds. The lowest BCUT2D eigenvalue weighted by molar-refractivity contribution is 1.08. The number of nitrogens with zero attached hydrogens (tertiary/aromatic N) is 2.